The quantitative estimate of drug-likeness (QED) is 0.504. The van der Waals surface area contributed by atoms with Gasteiger partial charge in [0, 0.05) is 12.1 Å². The van der Waals surface area contributed by atoms with Crippen molar-refractivity contribution in [2.24, 2.45) is 11.8 Å². The second-order valence-corrected chi connectivity index (χ2v) is 7.50. The van der Waals surface area contributed by atoms with Gasteiger partial charge in [-0.3, -0.25) is 9.59 Å². The maximum absolute atomic E-state index is 12.6. The van der Waals surface area contributed by atoms with Crippen molar-refractivity contribution in [2.45, 2.75) is 27.2 Å². The molecule has 6 heteroatoms. The number of nitrogen functional groups attached to an aromatic ring is 1. The van der Waals surface area contributed by atoms with Crippen LogP contribution in [0.25, 0.3) is 22.0 Å². The summed E-state index contributed by atoms with van der Waals surface area (Å²) in [6.45, 7) is 6.13. The molecule has 0 bridgehead atoms. The molecule has 0 amide bonds. The number of fused-ring (bicyclic) bond motifs is 1. The molecule has 1 atom stereocenters. The van der Waals surface area contributed by atoms with E-state index < -0.39 is 0 Å². The standard InChI is InChI=1S/C22H25N3O3/c1-13(2)12-28-22(27)14(3)9-20-24-19-8-7-16(11-18(19)21(26)25-20)15-5-4-6-17(23)10-15/h4-8,10-11,13-14H,9,12,23H2,1-3H3,(H,24,25,26)/t14-/m0/s1. The highest BCUT2D eigenvalue weighted by Gasteiger charge is 2.17. The van der Waals surface area contributed by atoms with Crippen LogP contribution in [-0.4, -0.2) is 22.5 Å². The van der Waals surface area contributed by atoms with Gasteiger partial charge >= 0.3 is 5.97 Å². The molecule has 3 aromatic rings. The van der Waals surface area contributed by atoms with Gasteiger partial charge in [0.1, 0.15) is 5.82 Å². The van der Waals surface area contributed by atoms with Crippen LogP contribution in [-0.2, 0) is 16.0 Å². The molecule has 146 valence electrons. The first-order valence-electron chi connectivity index (χ1n) is 9.39. The van der Waals surface area contributed by atoms with E-state index in [0.29, 0.717) is 35.4 Å². The summed E-state index contributed by atoms with van der Waals surface area (Å²) in [4.78, 5) is 32.0. The lowest BCUT2D eigenvalue weighted by Crippen LogP contribution is -2.22. The van der Waals surface area contributed by atoms with Gasteiger partial charge in [0.2, 0.25) is 0 Å². The van der Waals surface area contributed by atoms with Crippen LogP contribution in [0.2, 0.25) is 0 Å². The summed E-state index contributed by atoms with van der Waals surface area (Å²) in [5.41, 5.74) is 8.71. The van der Waals surface area contributed by atoms with E-state index in [2.05, 4.69) is 9.97 Å². The second kappa shape index (κ2) is 8.25. The monoisotopic (exact) mass is 379 g/mol. The lowest BCUT2D eigenvalue weighted by molar-refractivity contribution is -0.149. The first-order chi connectivity index (χ1) is 13.3. The van der Waals surface area contributed by atoms with Crippen molar-refractivity contribution in [1.29, 1.82) is 0 Å². The number of rotatable bonds is 6. The molecule has 0 saturated heterocycles. The molecule has 28 heavy (non-hydrogen) atoms. The number of aromatic amines is 1. The van der Waals surface area contributed by atoms with Gasteiger partial charge in [0.05, 0.1) is 23.4 Å². The lowest BCUT2D eigenvalue weighted by Gasteiger charge is -2.13. The number of carbonyl (C=O) groups is 1. The molecular formula is C22H25N3O3. The van der Waals surface area contributed by atoms with Crippen LogP contribution in [0.15, 0.2) is 47.3 Å². The minimum absolute atomic E-state index is 0.228. The minimum atomic E-state index is -0.383. The number of anilines is 1. The fourth-order valence-corrected chi connectivity index (χ4v) is 2.95. The van der Waals surface area contributed by atoms with Gasteiger partial charge in [0.15, 0.2) is 0 Å². The number of hydrogen-bond donors (Lipinski definition) is 2. The van der Waals surface area contributed by atoms with E-state index in [4.69, 9.17) is 10.5 Å². The largest absolute Gasteiger partial charge is 0.465 e. The fraction of sp³-hybridized carbons (Fsp3) is 0.318. The lowest BCUT2D eigenvalue weighted by atomic mass is 10.0. The average Bonchev–Trinajstić information content (AvgIpc) is 2.65. The number of nitrogens with one attached hydrogen (secondary N) is 1. The van der Waals surface area contributed by atoms with E-state index in [1.54, 1.807) is 13.0 Å². The maximum atomic E-state index is 12.6. The number of nitrogens with zero attached hydrogens (tertiary/aromatic N) is 1. The number of carbonyl (C=O) groups excluding carboxylic acids is 1. The molecule has 0 aliphatic carbocycles. The molecule has 3 N–H and O–H groups in total. The van der Waals surface area contributed by atoms with Crippen molar-refractivity contribution in [3.8, 4) is 11.1 Å². The zero-order chi connectivity index (χ0) is 20.3. The molecule has 0 spiro atoms. The van der Waals surface area contributed by atoms with Crippen LogP contribution in [0, 0.1) is 11.8 Å². The van der Waals surface area contributed by atoms with Crippen LogP contribution in [0.5, 0.6) is 0 Å². The van der Waals surface area contributed by atoms with Crippen molar-refractivity contribution in [2.75, 3.05) is 12.3 Å². The SMILES string of the molecule is CC(C)COC(=O)[C@@H](C)Cc1nc2ccc(-c3cccc(N)c3)cc2c(=O)[nH]1. The highest BCUT2D eigenvalue weighted by atomic mass is 16.5. The number of ether oxygens (including phenoxy) is 1. The van der Waals surface area contributed by atoms with Crippen LogP contribution in [0.3, 0.4) is 0 Å². The van der Waals surface area contributed by atoms with Crippen LogP contribution >= 0.6 is 0 Å². The van der Waals surface area contributed by atoms with Gasteiger partial charge in [-0.15, -0.1) is 0 Å². The second-order valence-electron chi connectivity index (χ2n) is 7.50. The van der Waals surface area contributed by atoms with Crippen molar-refractivity contribution in [1.82, 2.24) is 9.97 Å². The summed E-state index contributed by atoms with van der Waals surface area (Å²) in [7, 11) is 0. The van der Waals surface area contributed by atoms with Crippen LogP contribution in [0.1, 0.15) is 26.6 Å². The minimum Gasteiger partial charge on any atom is -0.465 e. The predicted molar refractivity (Wildman–Crippen MR) is 111 cm³/mol. The van der Waals surface area contributed by atoms with E-state index in [1.165, 1.54) is 0 Å². The molecule has 1 heterocycles. The number of aromatic nitrogens is 2. The zero-order valence-electron chi connectivity index (χ0n) is 16.4. The molecule has 0 saturated carbocycles. The predicted octanol–water partition coefficient (Wildman–Crippen LogP) is 3.55. The number of esters is 1. The van der Waals surface area contributed by atoms with Crippen molar-refractivity contribution >= 4 is 22.6 Å². The Bertz CT molecular complexity index is 1060. The number of nitrogens with two attached hydrogens (primary N) is 1. The Kier molecular flexibility index (Phi) is 5.78. The Balaban J connectivity index is 1.84. The smallest absolute Gasteiger partial charge is 0.309 e. The molecule has 0 unspecified atom stereocenters. The van der Waals surface area contributed by atoms with Gasteiger partial charge in [-0.1, -0.05) is 39.0 Å². The molecular weight excluding hydrogens is 354 g/mol. The van der Waals surface area contributed by atoms with Crippen molar-refractivity contribution in [3.05, 3.63) is 58.6 Å². The number of benzene rings is 2. The highest BCUT2D eigenvalue weighted by Crippen LogP contribution is 2.24. The first kappa shape index (κ1) is 19.6. The molecule has 0 fully saturated rings. The van der Waals surface area contributed by atoms with Crippen LogP contribution in [0.4, 0.5) is 5.69 Å². The summed E-state index contributed by atoms with van der Waals surface area (Å²) in [6, 6.07) is 13.0. The third-order valence-corrected chi connectivity index (χ3v) is 4.44. The van der Waals surface area contributed by atoms with E-state index in [-0.39, 0.29) is 23.4 Å². The van der Waals surface area contributed by atoms with Gasteiger partial charge in [-0.05, 0) is 41.3 Å². The molecule has 1 aromatic heterocycles. The van der Waals surface area contributed by atoms with Crippen molar-refractivity contribution < 1.29 is 9.53 Å². The van der Waals surface area contributed by atoms with E-state index >= 15 is 0 Å². The molecule has 0 radical (unpaired) electrons. The Morgan fingerprint density at radius 3 is 2.61 bits per heavy atom. The van der Waals surface area contributed by atoms with Gasteiger partial charge in [-0.25, -0.2) is 4.98 Å². The molecule has 0 aliphatic rings. The summed E-state index contributed by atoms with van der Waals surface area (Å²) in [5, 5.41) is 0.499. The molecule has 0 aliphatic heterocycles. The third kappa shape index (κ3) is 4.57. The summed E-state index contributed by atoms with van der Waals surface area (Å²) in [5.74, 6) is 0.0893. The number of H-pyrrole nitrogens is 1. The van der Waals surface area contributed by atoms with Gasteiger partial charge in [0.25, 0.3) is 5.56 Å². The molecule has 2 aromatic carbocycles. The van der Waals surface area contributed by atoms with Crippen LogP contribution < -0.4 is 11.3 Å². The number of hydrogen-bond acceptors (Lipinski definition) is 5. The maximum Gasteiger partial charge on any atom is 0.309 e. The van der Waals surface area contributed by atoms with E-state index in [1.807, 2.05) is 50.2 Å². The zero-order valence-corrected chi connectivity index (χ0v) is 16.4. The topological polar surface area (TPSA) is 98.1 Å². The summed E-state index contributed by atoms with van der Waals surface area (Å²) < 4.78 is 5.26. The Labute approximate surface area is 163 Å². The summed E-state index contributed by atoms with van der Waals surface area (Å²) >= 11 is 0. The average molecular weight is 379 g/mol. The van der Waals surface area contributed by atoms with E-state index in [0.717, 1.165) is 11.1 Å². The Morgan fingerprint density at radius 2 is 1.89 bits per heavy atom. The first-order valence-corrected chi connectivity index (χ1v) is 9.39. The normalized spacial score (nSPS) is 12.3. The third-order valence-electron chi connectivity index (χ3n) is 4.44. The Hall–Kier alpha value is -3.15. The molecule has 6 nitrogen and oxygen atoms in total. The van der Waals surface area contributed by atoms with Crippen molar-refractivity contribution in [3.63, 3.8) is 0 Å². The molecule has 3 rings (SSSR count). The van der Waals surface area contributed by atoms with Gasteiger partial charge in [-0.2, -0.15) is 0 Å². The highest BCUT2D eigenvalue weighted by molar-refractivity contribution is 5.84. The summed E-state index contributed by atoms with van der Waals surface area (Å²) in [6.07, 6.45) is 0.319. The fourth-order valence-electron chi connectivity index (χ4n) is 2.95. The Morgan fingerprint density at radius 1 is 1.14 bits per heavy atom. The van der Waals surface area contributed by atoms with E-state index in [9.17, 15) is 9.59 Å². The van der Waals surface area contributed by atoms with Gasteiger partial charge < -0.3 is 15.5 Å².